The summed E-state index contributed by atoms with van der Waals surface area (Å²) in [5.41, 5.74) is 4.47. The Balaban J connectivity index is 0. The van der Waals surface area contributed by atoms with Crippen molar-refractivity contribution >= 4 is 13.7 Å². The van der Waals surface area contributed by atoms with E-state index in [2.05, 4.69) is 5.73 Å². The number of carbonyl (C=O) groups is 1. The van der Waals surface area contributed by atoms with Gasteiger partial charge in [-0.2, -0.15) is 0 Å². The van der Waals surface area contributed by atoms with Gasteiger partial charge >= 0.3 is 7.82 Å². The molecule has 1 aromatic carbocycles. The summed E-state index contributed by atoms with van der Waals surface area (Å²) >= 11 is 0. The number of carbonyl (C=O) groups excluding carboxylic acids is 1. The fourth-order valence-electron chi connectivity index (χ4n) is 0.428. The van der Waals surface area contributed by atoms with Gasteiger partial charge in [0, 0.05) is 6.92 Å². The van der Waals surface area contributed by atoms with Gasteiger partial charge in [-0.05, 0) is 12.1 Å². The lowest BCUT2D eigenvalue weighted by molar-refractivity contribution is -0.115. The van der Waals surface area contributed by atoms with Gasteiger partial charge in [0.05, 0.1) is 0 Å². The van der Waals surface area contributed by atoms with Gasteiger partial charge in [-0.1, -0.05) is 18.2 Å². The molecule has 0 atom stereocenters. The van der Waals surface area contributed by atoms with Crippen molar-refractivity contribution in [2.75, 3.05) is 0 Å². The van der Waals surface area contributed by atoms with Crippen LogP contribution in [0.5, 0.6) is 5.75 Å². The van der Waals surface area contributed by atoms with Crippen molar-refractivity contribution in [1.82, 2.24) is 0 Å². The van der Waals surface area contributed by atoms with E-state index in [0.29, 0.717) is 5.75 Å². The number of hydrogen-bond acceptors (Lipinski definition) is 3. The minimum atomic E-state index is -4.64. The molecule has 0 aromatic heterocycles. The Morgan fingerprint density at radius 3 is 1.56 bits per heavy atom. The van der Waals surface area contributed by atoms with Crippen LogP contribution in [0, 0.1) is 0 Å². The Morgan fingerprint density at radius 2 is 1.44 bits per heavy atom. The monoisotopic (exact) mass is 251 g/mol. The minimum Gasteiger partial charge on any atom is -0.508 e. The first kappa shape index (κ1) is 17.0. The van der Waals surface area contributed by atoms with Crippen LogP contribution >= 0.6 is 7.82 Å². The number of phosphoric acid groups is 1. The van der Waals surface area contributed by atoms with Gasteiger partial charge in [-0.3, -0.25) is 4.79 Å². The molecule has 1 amide bonds. The summed E-state index contributed by atoms with van der Waals surface area (Å²) < 4.78 is 8.88. The predicted molar refractivity (Wildman–Crippen MR) is 57.2 cm³/mol. The van der Waals surface area contributed by atoms with Crippen LogP contribution in [0.25, 0.3) is 0 Å². The summed E-state index contributed by atoms with van der Waals surface area (Å²) in [7, 11) is -4.64. The van der Waals surface area contributed by atoms with E-state index in [9.17, 15) is 4.79 Å². The zero-order chi connectivity index (χ0) is 13.2. The van der Waals surface area contributed by atoms with Crippen LogP contribution in [0.2, 0.25) is 0 Å². The van der Waals surface area contributed by atoms with E-state index >= 15 is 0 Å². The first-order valence-corrected chi connectivity index (χ1v) is 5.47. The standard InChI is InChI=1S/C6H6O.C2H5NO.H3O4P/c7-6-4-2-1-3-5-6;1-2(3)4;1-5(2,3)4/h1-5,7H;1H3,(H2,3,4);(H3,1,2,3,4). The third kappa shape index (κ3) is 38.9. The molecule has 8 heteroatoms. The van der Waals surface area contributed by atoms with Crippen LogP contribution in [-0.4, -0.2) is 25.7 Å². The molecule has 0 aliphatic heterocycles. The molecule has 6 N–H and O–H groups in total. The van der Waals surface area contributed by atoms with Crippen molar-refractivity contribution in [1.29, 1.82) is 0 Å². The molecule has 7 nitrogen and oxygen atoms in total. The number of para-hydroxylation sites is 1. The fraction of sp³-hybridized carbons (Fsp3) is 0.125. The van der Waals surface area contributed by atoms with Gasteiger partial charge in [0.1, 0.15) is 5.75 Å². The minimum absolute atomic E-state index is 0.322. The third-order valence-electron chi connectivity index (χ3n) is 0.756. The molecule has 1 rings (SSSR count). The van der Waals surface area contributed by atoms with Gasteiger partial charge in [0.25, 0.3) is 0 Å². The third-order valence-corrected chi connectivity index (χ3v) is 0.756. The van der Waals surface area contributed by atoms with E-state index in [-0.39, 0.29) is 5.91 Å². The molecular weight excluding hydrogens is 237 g/mol. The summed E-state index contributed by atoms with van der Waals surface area (Å²) in [6.07, 6.45) is 0. The molecule has 0 radical (unpaired) electrons. The van der Waals surface area contributed by atoms with E-state index < -0.39 is 7.82 Å². The highest BCUT2D eigenvalue weighted by Crippen LogP contribution is 2.25. The van der Waals surface area contributed by atoms with Gasteiger partial charge in [0.15, 0.2) is 0 Å². The number of benzene rings is 1. The Hall–Kier alpha value is -1.40. The molecule has 92 valence electrons. The average Bonchev–Trinajstić information content (AvgIpc) is 2.00. The Kier molecular flexibility index (Phi) is 9.43. The maximum Gasteiger partial charge on any atom is 0.466 e. The summed E-state index contributed by atoms with van der Waals surface area (Å²) in [5.74, 6) is -0.0116. The maximum absolute atomic E-state index is 9.22. The number of aromatic hydroxyl groups is 1. The molecule has 0 spiro atoms. The normalized spacial score (nSPS) is 9.00. The first-order chi connectivity index (χ1) is 7.13. The van der Waals surface area contributed by atoms with Crippen LogP contribution in [-0.2, 0) is 9.36 Å². The van der Waals surface area contributed by atoms with Gasteiger partial charge in [-0.15, -0.1) is 0 Å². The van der Waals surface area contributed by atoms with E-state index in [1.165, 1.54) is 6.92 Å². The van der Waals surface area contributed by atoms with E-state index in [0.717, 1.165) is 0 Å². The zero-order valence-electron chi connectivity index (χ0n) is 8.52. The van der Waals surface area contributed by atoms with Crippen LogP contribution in [0.4, 0.5) is 0 Å². The Morgan fingerprint density at radius 1 is 1.19 bits per heavy atom. The van der Waals surface area contributed by atoms with Crippen molar-refractivity contribution in [3.8, 4) is 5.75 Å². The predicted octanol–water partition coefficient (Wildman–Crippen LogP) is -0.0448. The van der Waals surface area contributed by atoms with Crippen LogP contribution < -0.4 is 5.73 Å². The van der Waals surface area contributed by atoms with Crippen LogP contribution in [0.3, 0.4) is 0 Å². The summed E-state index contributed by atoms with van der Waals surface area (Å²) in [4.78, 5) is 30.8. The number of phenolic OH excluding ortho intramolecular Hbond substituents is 1. The van der Waals surface area contributed by atoms with E-state index in [1.54, 1.807) is 24.3 Å². The highest BCUT2D eigenvalue weighted by molar-refractivity contribution is 7.45. The van der Waals surface area contributed by atoms with Crippen LogP contribution in [0.1, 0.15) is 6.92 Å². The molecule has 16 heavy (non-hydrogen) atoms. The lowest BCUT2D eigenvalue weighted by atomic mass is 10.3. The highest BCUT2D eigenvalue weighted by Gasteiger charge is 2.00. The number of rotatable bonds is 0. The second-order valence-corrected chi connectivity index (χ2v) is 3.49. The molecule has 0 saturated carbocycles. The topological polar surface area (TPSA) is 141 Å². The van der Waals surface area contributed by atoms with Crippen molar-refractivity contribution in [2.24, 2.45) is 5.73 Å². The quantitative estimate of drug-likeness (QED) is 0.409. The zero-order valence-corrected chi connectivity index (χ0v) is 9.41. The summed E-state index contributed by atoms with van der Waals surface area (Å²) in [6.45, 7) is 1.31. The van der Waals surface area contributed by atoms with Crippen molar-refractivity contribution in [3.63, 3.8) is 0 Å². The van der Waals surface area contributed by atoms with Gasteiger partial charge in [-0.25, -0.2) is 4.57 Å². The average molecular weight is 251 g/mol. The molecule has 0 heterocycles. The van der Waals surface area contributed by atoms with Crippen molar-refractivity contribution in [2.45, 2.75) is 6.92 Å². The molecule has 0 unspecified atom stereocenters. The second kappa shape index (κ2) is 8.87. The highest BCUT2D eigenvalue weighted by atomic mass is 31.2. The maximum atomic E-state index is 9.22. The Bertz CT molecular complexity index is 323. The molecule has 0 aliphatic carbocycles. The lowest BCUT2D eigenvalue weighted by Crippen LogP contribution is -2.01. The fourth-order valence-corrected chi connectivity index (χ4v) is 0.428. The van der Waals surface area contributed by atoms with Gasteiger partial charge < -0.3 is 25.5 Å². The van der Waals surface area contributed by atoms with Crippen LogP contribution in [0.15, 0.2) is 30.3 Å². The second-order valence-electron chi connectivity index (χ2n) is 2.46. The largest absolute Gasteiger partial charge is 0.508 e. The first-order valence-electron chi connectivity index (χ1n) is 3.91. The number of hydrogen-bond donors (Lipinski definition) is 5. The smallest absolute Gasteiger partial charge is 0.466 e. The summed E-state index contributed by atoms with van der Waals surface area (Å²) in [5, 5.41) is 8.63. The molecule has 0 bridgehead atoms. The number of primary amides is 1. The molecule has 0 saturated heterocycles. The SMILES string of the molecule is CC(N)=O.O=P(O)(O)O.Oc1ccccc1. The molecule has 0 fully saturated rings. The lowest BCUT2D eigenvalue weighted by Gasteiger charge is -1.82. The van der Waals surface area contributed by atoms with E-state index in [1.807, 2.05) is 6.07 Å². The van der Waals surface area contributed by atoms with Gasteiger partial charge in [0.2, 0.25) is 5.91 Å². The molecule has 0 aliphatic rings. The number of nitrogens with two attached hydrogens (primary N) is 1. The molecular formula is C8H14NO6P. The van der Waals surface area contributed by atoms with Crippen molar-refractivity contribution < 1.29 is 29.1 Å². The molecule has 1 aromatic rings. The van der Waals surface area contributed by atoms with E-state index in [4.69, 9.17) is 24.4 Å². The number of phenols is 1. The number of amides is 1. The Labute approximate surface area is 92.4 Å². The summed E-state index contributed by atoms with van der Waals surface area (Å²) in [6, 6.07) is 8.71. The van der Waals surface area contributed by atoms with Crippen molar-refractivity contribution in [3.05, 3.63) is 30.3 Å².